The summed E-state index contributed by atoms with van der Waals surface area (Å²) in [5, 5.41) is 3.29. The van der Waals surface area contributed by atoms with Gasteiger partial charge in [0.2, 0.25) is 0 Å². The zero-order valence-electron chi connectivity index (χ0n) is 10.9. The van der Waals surface area contributed by atoms with Crippen LogP contribution in [0.25, 0.3) is 0 Å². The lowest BCUT2D eigenvalue weighted by molar-refractivity contribution is -0.117. The van der Waals surface area contributed by atoms with Crippen molar-refractivity contribution in [3.05, 3.63) is 15.9 Å². The van der Waals surface area contributed by atoms with E-state index in [9.17, 15) is 13.2 Å². The Morgan fingerprint density at radius 1 is 1.50 bits per heavy atom. The van der Waals surface area contributed by atoms with Crippen LogP contribution in [-0.2, 0) is 27.6 Å². The average Bonchev–Trinajstić information content (AvgIpc) is 2.54. The molecule has 1 heterocycles. The molecule has 5 nitrogen and oxygen atoms in total. The lowest BCUT2D eigenvalue weighted by Gasteiger charge is -2.09. The number of rotatable bonds is 5. The molecule has 0 N–H and O–H groups in total. The van der Waals surface area contributed by atoms with Gasteiger partial charge in [0, 0.05) is 12.8 Å². The molecule has 1 atom stereocenters. The van der Waals surface area contributed by atoms with E-state index >= 15 is 0 Å². The fourth-order valence-electron chi connectivity index (χ4n) is 1.59. The molecule has 0 saturated heterocycles. The summed E-state index contributed by atoms with van der Waals surface area (Å²) in [5.74, 6) is -0.312. The SMILES string of the molecule is CCn1nc(C)c(Br)c1CC(=O)C(C)S(C)(=O)=O. The number of hydrogen-bond donors (Lipinski definition) is 0. The molecule has 1 aromatic heterocycles. The Morgan fingerprint density at radius 3 is 2.50 bits per heavy atom. The number of sulfone groups is 1. The lowest BCUT2D eigenvalue weighted by Crippen LogP contribution is -2.28. The van der Waals surface area contributed by atoms with Gasteiger partial charge in [0.05, 0.1) is 22.3 Å². The standard InChI is InChI=1S/C11H17BrN2O3S/c1-5-14-9(11(12)7(2)13-14)6-10(15)8(3)18(4,16)17/h8H,5-6H2,1-4H3. The van der Waals surface area contributed by atoms with Crippen LogP contribution in [0, 0.1) is 6.92 Å². The number of carbonyl (C=O) groups excluding carboxylic acids is 1. The Balaban J connectivity index is 3.02. The van der Waals surface area contributed by atoms with Crippen LogP contribution in [0.5, 0.6) is 0 Å². The van der Waals surface area contributed by atoms with Crippen molar-refractivity contribution in [1.29, 1.82) is 0 Å². The molecule has 0 spiro atoms. The number of ketones is 1. The molecule has 0 aliphatic rings. The van der Waals surface area contributed by atoms with Crippen LogP contribution in [0.2, 0.25) is 0 Å². The van der Waals surface area contributed by atoms with Gasteiger partial charge in [0.25, 0.3) is 0 Å². The van der Waals surface area contributed by atoms with Gasteiger partial charge in [-0.05, 0) is 36.7 Å². The number of nitrogens with zero attached hydrogens (tertiary/aromatic N) is 2. The van der Waals surface area contributed by atoms with Crippen LogP contribution < -0.4 is 0 Å². The van der Waals surface area contributed by atoms with E-state index in [1.807, 2.05) is 13.8 Å². The van der Waals surface area contributed by atoms with E-state index in [4.69, 9.17) is 0 Å². The second kappa shape index (κ2) is 5.52. The number of hydrogen-bond acceptors (Lipinski definition) is 4. The molecule has 0 radical (unpaired) electrons. The second-order valence-electron chi connectivity index (χ2n) is 4.28. The summed E-state index contributed by atoms with van der Waals surface area (Å²) in [4.78, 5) is 11.9. The minimum Gasteiger partial charge on any atom is -0.298 e. The first-order valence-corrected chi connectivity index (χ1v) is 8.36. The Bertz CT molecular complexity index is 563. The van der Waals surface area contributed by atoms with Crippen LogP contribution in [0.15, 0.2) is 4.47 Å². The van der Waals surface area contributed by atoms with E-state index in [1.54, 1.807) is 4.68 Å². The molecular weight excluding hydrogens is 320 g/mol. The van der Waals surface area contributed by atoms with Crippen molar-refractivity contribution in [1.82, 2.24) is 9.78 Å². The molecule has 1 rings (SSSR count). The molecule has 0 fully saturated rings. The molecule has 18 heavy (non-hydrogen) atoms. The Kier molecular flexibility index (Phi) is 4.72. The maximum absolute atomic E-state index is 11.9. The molecule has 7 heteroatoms. The van der Waals surface area contributed by atoms with Gasteiger partial charge >= 0.3 is 0 Å². The first kappa shape index (κ1) is 15.4. The summed E-state index contributed by atoms with van der Waals surface area (Å²) >= 11 is 3.38. The van der Waals surface area contributed by atoms with Crippen LogP contribution in [0.3, 0.4) is 0 Å². The third kappa shape index (κ3) is 3.20. The van der Waals surface area contributed by atoms with E-state index in [0.717, 1.165) is 22.1 Å². The van der Waals surface area contributed by atoms with Gasteiger partial charge in [-0.3, -0.25) is 9.48 Å². The highest BCUT2D eigenvalue weighted by atomic mass is 79.9. The van der Waals surface area contributed by atoms with Crippen molar-refractivity contribution in [2.75, 3.05) is 6.26 Å². The van der Waals surface area contributed by atoms with Gasteiger partial charge in [0.1, 0.15) is 5.25 Å². The van der Waals surface area contributed by atoms with E-state index in [2.05, 4.69) is 21.0 Å². The summed E-state index contributed by atoms with van der Waals surface area (Å²) in [7, 11) is -3.34. The summed E-state index contributed by atoms with van der Waals surface area (Å²) < 4.78 is 25.2. The number of aromatic nitrogens is 2. The van der Waals surface area contributed by atoms with Crippen LogP contribution in [0.4, 0.5) is 0 Å². The maximum atomic E-state index is 11.9. The van der Waals surface area contributed by atoms with Crippen LogP contribution in [-0.4, -0.2) is 35.5 Å². The van der Waals surface area contributed by atoms with Gasteiger partial charge in [-0.2, -0.15) is 5.10 Å². The minimum absolute atomic E-state index is 0.0729. The Labute approximate surface area is 116 Å². The van der Waals surface area contributed by atoms with Crippen molar-refractivity contribution < 1.29 is 13.2 Å². The highest BCUT2D eigenvalue weighted by Crippen LogP contribution is 2.22. The Morgan fingerprint density at radius 2 is 2.06 bits per heavy atom. The molecule has 0 amide bonds. The molecular formula is C11H17BrN2O3S. The predicted molar refractivity (Wildman–Crippen MR) is 73.4 cm³/mol. The summed E-state index contributed by atoms with van der Waals surface area (Å²) in [6.45, 7) is 5.82. The Hall–Kier alpha value is -0.690. The van der Waals surface area contributed by atoms with E-state index in [1.165, 1.54) is 6.92 Å². The molecule has 1 aromatic rings. The normalized spacial score (nSPS) is 13.6. The predicted octanol–water partition coefficient (Wildman–Crippen LogP) is 1.52. The maximum Gasteiger partial charge on any atom is 0.157 e. The van der Waals surface area contributed by atoms with Gasteiger partial charge < -0.3 is 0 Å². The molecule has 1 unspecified atom stereocenters. The van der Waals surface area contributed by atoms with Gasteiger partial charge in [0.15, 0.2) is 15.6 Å². The number of carbonyl (C=O) groups is 1. The van der Waals surface area contributed by atoms with Crippen molar-refractivity contribution in [2.24, 2.45) is 0 Å². The van der Waals surface area contributed by atoms with Gasteiger partial charge in [-0.25, -0.2) is 8.42 Å². The molecule has 0 saturated carbocycles. The number of aryl methyl sites for hydroxylation is 2. The fourth-order valence-corrected chi connectivity index (χ4v) is 2.57. The van der Waals surface area contributed by atoms with E-state index < -0.39 is 15.1 Å². The highest BCUT2D eigenvalue weighted by Gasteiger charge is 2.26. The highest BCUT2D eigenvalue weighted by molar-refractivity contribution is 9.10. The topological polar surface area (TPSA) is 69.0 Å². The third-order valence-electron chi connectivity index (χ3n) is 2.89. The van der Waals surface area contributed by atoms with Crippen molar-refractivity contribution in [3.63, 3.8) is 0 Å². The molecule has 0 aromatic carbocycles. The quantitative estimate of drug-likeness (QED) is 0.817. The van der Waals surface area contributed by atoms with E-state index in [0.29, 0.717) is 6.54 Å². The summed E-state index contributed by atoms with van der Waals surface area (Å²) in [6, 6.07) is 0. The minimum atomic E-state index is -3.34. The monoisotopic (exact) mass is 336 g/mol. The smallest absolute Gasteiger partial charge is 0.157 e. The summed E-state index contributed by atoms with van der Waals surface area (Å²) in [6.07, 6.45) is 1.15. The molecule has 0 aliphatic heterocycles. The second-order valence-corrected chi connectivity index (χ2v) is 7.44. The molecule has 102 valence electrons. The zero-order chi connectivity index (χ0) is 14.1. The van der Waals surface area contributed by atoms with Crippen LogP contribution >= 0.6 is 15.9 Å². The van der Waals surface area contributed by atoms with Crippen molar-refractivity contribution >= 4 is 31.6 Å². The van der Waals surface area contributed by atoms with Crippen molar-refractivity contribution in [2.45, 2.75) is 39.0 Å². The molecule has 0 aliphatic carbocycles. The largest absolute Gasteiger partial charge is 0.298 e. The first-order chi connectivity index (χ1) is 8.18. The summed E-state index contributed by atoms with van der Waals surface area (Å²) in [5.41, 5.74) is 1.53. The zero-order valence-corrected chi connectivity index (χ0v) is 13.3. The lowest BCUT2D eigenvalue weighted by atomic mass is 10.1. The number of Topliss-reactive ketones (excluding diaryl/α,β-unsaturated/α-hetero) is 1. The fraction of sp³-hybridized carbons (Fsp3) is 0.636. The third-order valence-corrected chi connectivity index (χ3v) is 5.47. The van der Waals surface area contributed by atoms with Crippen LogP contribution in [0.1, 0.15) is 25.2 Å². The van der Waals surface area contributed by atoms with E-state index in [-0.39, 0.29) is 12.2 Å². The van der Waals surface area contributed by atoms with Crippen molar-refractivity contribution in [3.8, 4) is 0 Å². The van der Waals surface area contributed by atoms with Gasteiger partial charge in [-0.1, -0.05) is 0 Å². The molecule has 0 bridgehead atoms. The average molecular weight is 337 g/mol. The van der Waals surface area contributed by atoms with Gasteiger partial charge in [-0.15, -0.1) is 0 Å². The number of halogens is 1. The first-order valence-electron chi connectivity index (χ1n) is 5.61.